The zero-order chi connectivity index (χ0) is 24.9. The number of amides is 1. The van der Waals surface area contributed by atoms with Gasteiger partial charge in [-0.2, -0.15) is 10.4 Å². The van der Waals surface area contributed by atoms with E-state index in [1.807, 2.05) is 13.0 Å². The summed E-state index contributed by atoms with van der Waals surface area (Å²) in [6.07, 6.45) is 5.53. The van der Waals surface area contributed by atoms with Gasteiger partial charge in [-0.1, -0.05) is 0 Å². The molecule has 12 heteroatoms. The van der Waals surface area contributed by atoms with Gasteiger partial charge in [0.2, 0.25) is 5.88 Å². The molecule has 0 unspecified atom stereocenters. The van der Waals surface area contributed by atoms with Crippen molar-refractivity contribution < 1.29 is 19.0 Å². The van der Waals surface area contributed by atoms with Crippen LogP contribution in [0.1, 0.15) is 32.3 Å². The third-order valence-corrected chi connectivity index (χ3v) is 5.55. The van der Waals surface area contributed by atoms with E-state index in [9.17, 15) is 14.4 Å². The zero-order valence-corrected chi connectivity index (χ0v) is 19.2. The van der Waals surface area contributed by atoms with Gasteiger partial charge in [-0.25, -0.2) is 23.8 Å². The molecule has 3 aromatic rings. The summed E-state index contributed by atoms with van der Waals surface area (Å²) in [5, 5.41) is 31.4. The number of hydrogen-bond donors (Lipinski definition) is 4. The maximum atomic E-state index is 14.8. The minimum atomic E-state index is -1.16. The fourth-order valence-corrected chi connectivity index (χ4v) is 3.79. The third-order valence-electron chi connectivity index (χ3n) is 5.55. The average Bonchev–Trinajstić information content (AvgIpc) is 3.51. The largest absolute Gasteiger partial charge is 0.476 e. The number of carbonyl (C=O) groups is 1. The van der Waals surface area contributed by atoms with Crippen molar-refractivity contribution in [3.8, 4) is 17.6 Å². The standard InChI is InChI=1S/C23H25FN8O3/c1-3-35-22-18(32-8-4-7-27-32)10-16(12-26-22)29-20-15(11-25)9-17(24)21(31-20)30-19(14-5-6-14)13(2)28-23(33)34/h4,7-10,12-14,19,28H,3,5-6H2,1-2H3,(H,33,34)(H2,29,30,31)/t13-,19-/m0/s1. The summed E-state index contributed by atoms with van der Waals surface area (Å²) < 4.78 is 22.0. The molecule has 2 atom stereocenters. The van der Waals surface area contributed by atoms with Gasteiger partial charge < -0.3 is 25.8 Å². The third kappa shape index (κ3) is 5.57. The smallest absolute Gasteiger partial charge is 0.404 e. The molecule has 0 saturated heterocycles. The average molecular weight is 481 g/mol. The van der Waals surface area contributed by atoms with Crippen molar-refractivity contribution in [1.29, 1.82) is 5.26 Å². The van der Waals surface area contributed by atoms with E-state index in [4.69, 9.17) is 9.84 Å². The van der Waals surface area contributed by atoms with Gasteiger partial charge in [-0.05, 0) is 50.8 Å². The Kier molecular flexibility index (Phi) is 6.96. The second kappa shape index (κ2) is 10.3. The molecule has 0 aliphatic heterocycles. The van der Waals surface area contributed by atoms with Crippen molar-refractivity contribution >= 4 is 23.4 Å². The van der Waals surface area contributed by atoms with Crippen molar-refractivity contribution in [2.24, 2.45) is 5.92 Å². The number of aromatic nitrogens is 4. The summed E-state index contributed by atoms with van der Waals surface area (Å²) in [5.74, 6) is -0.0842. The molecule has 0 spiro atoms. The Morgan fingerprint density at radius 2 is 2.20 bits per heavy atom. The molecular weight excluding hydrogens is 455 g/mol. The van der Waals surface area contributed by atoms with Gasteiger partial charge in [-0.3, -0.25) is 0 Å². The highest BCUT2D eigenvalue weighted by molar-refractivity contribution is 5.67. The highest BCUT2D eigenvalue weighted by Crippen LogP contribution is 2.36. The molecule has 0 aromatic carbocycles. The summed E-state index contributed by atoms with van der Waals surface area (Å²) in [6, 6.07) is 5.71. The van der Waals surface area contributed by atoms with Gasteiger partial charge in [0.1, 0.15) is 11.8 Å². The first-order valence-electron chi connectivity index (χ1n) is 11.2. The molecule has 11 nitrogen and oxygen atoms in total. The van der Waals surface area contributed by atoms with Crippen LogP contribution >= 0.6 is 0 Å². The molecule has 4 N–H and O–H groups in total. The summed E-state index contributed by atoms with van der Waals surface area (Å²) in [6.45, 7) is 3.98. The SMILES string of the molecule is CCOc1ncc(Nc2nc(N[C@H](C3CC3)[C@H](C)NC(=O)O)c(F)cc2C#N)cc1-n1cccn1. The number of nitriles is 1. The zero-order valence-electron chi connectivity index (χ0n) is 19.2. The molecular formula is C23H25FN8O3. The Morgan fingerprint density at radius 1 is 1.40 bits per heavy atom. The van der Waals surface area contributed by atoms with E-state index in [2.05, 4.69) is 31.0 Å². The molecule has 182 valence electrons. The number of carboxylic acid groups (broad SMARTS) is 1. The van der Waals surface area contributed by atoms with Gasteiger partial charge in [-0.15, -0.1) is 0 Å². The lowest BCUT2D eigenvalue weighted by Crippen LogP contribution is -2.45. The van der Waals surface area contributed by atoms with Gasteiger partial charge in [0.05, 0.1) is 30.1 Å². The van der Waals surface area contributed by atoms with E-state index in [1.165, 1.54) is 6.20 Å². The Balaban J connectivity index is 1.64. The first-order valence-corrected chi connectivity index (χ1v) is 11.2. The second-order valence-electron chi connectivity index (χ2n) is 8.13. The number of halogens is 1. The topological polar surface area (TPSA) is 150 Å². The van der Waals surface area contributed by atoms with Crippen LogP contribution in [0.15, 0.2) is 36.8 Å². The van der Waals surface area contributed by atoms with E-state index in [0.29, 0.717) is 23.9 Å². The predicted molar refractivity (Wildman–Crippen MR) is 125 cm³/mol. The van der Waals surface area contributed by atoms with Crippen molar-refractivity contribution in [3.63, 3.8) is 0 Å². The molecule has 3 aromatic heterocycles. The van der Waals surface area contributed by atoms with Gasteiger partial charge in [0.25, 0.3) is 0 Å². The molecule has 4 rings (SSSR count). The lowest BCUT2D eigenvalue weighted by atomic mass is 10.0. The Hall–Kier alpha value is -4.40. The summed E-state index contributed by atoms with van der Waals surface area (Å²) in [5.41, 5.74) is 1.06. The normalized spacial score (nSPS) is 14.5. The van der Waals surface area contributed by atoms with Crippen LogP contribution < -0.4 is 20.7 Å². The van der Waals surface area contributed by atoms with E-state index in [1.54, 1.807) is 36.1 Å². The lowest BCUT2D eigenvalue weighted by Gasteiger charge is -2.26. The van der Waals surface area contributed by atoms with E-state index in [-0.39, 0.29) is 29.2 Å². The van der Waals surface area contributed by atoms with Crippen LogP contribution in [0.5, 0.6) is 5.88 Å². The maximum absolute atomic E-state index is 14.8. The first kappa shape index (κ1) is 23.7. The van der Waals surface area contributed by atoms with Crippen LogP contribution in [0.2, 0.25) is 0 Å². The molecule has 0 bridgehead atoms. The van der Waals surface area contributed by atoms with E-state index in [0.717, 1.165) is 18.9 Å². The van der Waals surface area contributed by atoms with Crippen molar-refractivity contribution in [3.05, 3.63) is 48.2 Å². The van der Waals surface area contributed by atoms with Crippen LogP contribution in [-0.4, -0.2) is 49.6 Å². The first-order chi connectivity index (χ1) is 16.9. The second-order valence-corrected chi connectivity index (χ2v) is 8.13. The molecule has 1 aliphatic carbocycles. The lowest BCUT2D eigenvalue weighted by molar-refractivity contribution is 0.188. The quantitative estimate of drug-likeness (QED) is 0.341. The van der Waals surface area contributed by atoms with E-state index >= 15 is 0 Å². The minimum Gasteiger partial charge on any atom is -0.476 e. The maximum Gasteiger partial charge on any atom is 0.404 e. The Labute approximate surface area is 201 Å². The number of ether oxygens (including phenoxy) is 1. The van der Waals surface area contributed by atoms with E-state index < -0.39 is 18.0 Å². The van der Waals surface area contributed by atoms with Crippen LogP contribution in [0.4, 0.5) is 26.5 Å². The molecule has 1 fully saturated rings. The monoisotopic (exact) mass is 480 g/mol. The van der Waals surface area contributed by atoms with Gasteiger partial charge in [0.15, 0.2) is 17.5 Å². The fourth-order valence-electron chi connectivity index (χ4n) is 3.79. The number of rotatable bonds is 10. The molecule has 1 aliphatic rings. The minimum absolute atomic E-state index is 0.00209. The number of anilines is 3. The summed E-state index contributed by atoms with van der Waals surface area (Å²) >= 11 is 0. The molecule has 1 saturated carbocycles. The number of nitrogens with one attached hydrogen (secondary N) is 3. The van der Waals surface area contributed by atoms with Crippen molar-refractivity contribution in [1.82, 2.24) is 25.1 Å². The number of pyridine rings is 2. The summed E-state index contributed by atoms with van der Waals surface area (Å²) in [7, 11) is 0. The molecule has 0 radical (unpaired) electrons. The van der Waals surface area contributed by atoms with Crippen molar-refractivity contribution in [2.45, 2.75) is 38.8 Å². The van der Waals surface area contributed by atoms with Crippen LogP contribution in [0, 0.1) is 23.1 Å². The molecule has 1 amide bonds. The van der Waals surface area contributed by atoms with Gasteiger partial charge in [0, 0.05) is 18.4 Å². The molecule has 3 heterocycles. The Morgan fingerprint density at radius 3 is 2.83 bits per heavy atom. The number of nitrogens with zero attached hydrogens (tertiary/aromatic N) is 5. The highest BCUT2D eigenvalue weighted by atomic mass is 19.1. The highest BCUT2D eigenvalue weighted by Gasteiger charge is 2.36. The molecule has 35 heavy (non-hydrogen) atoms. The number of hydrogen-bond acceptors (Lipinski definition) is 8. The van der Waals surface area contributed by atoms with Crippen molar-refractivity contribution in [2.75, 3.05) is 17.2 Å². The van der Waals surface area contributed by atoms with Crippen LogP contribution in [0.25, 0.3) is 5.69 Å². The Bertz CT molecular complexity index is 1240. The van der Waals surface area contributed by atoms with Gasteiger partial charge >= 0.3 is 6.09 Å². The predicted octanol–water partition coefficient (Wildman–Crippen LogP) is 3.66. The fraction of sp³-hybridized carbons (Fsp3) is 0.348. The summed E-state index contributed by atoms with van der Waals surface area (Å²) in [4.78, 5) is 19.8. The van der Waals surface area contributed by atoms with Crippen LogP contribution in [-0.2, 0) is 0 Å². The van der Waals surface area contributed by atoms with Crippen LogP contribution in [0.3, 0.4) is 0 Å².